The predicted molar refractivity (Wildman–Crippen MR) is 114 cm³/mol. The molecule has 0 saturated carbocycles. The average molecular weight is 548 g/mol. The third-order valence-electron chi connectivity index (χ3n) is 3.57. The van der Waals surface area contributed by atoms with Crippen LogP contribution in [-0.4, -0.2) is 23.1 Å². The molecule has 0 amide bonds. The van der Waals surface area contributed by atoms with Crippen LogP contribution in [0.2, 0.25) is 6.04 Å². The second kappa shape index (κ2) is 16.7. The number of halogens is 2. The molecule has 0 aliphatic carbocycles. The highest BCUT2D eigenvalue weighted by Crippen LogP contribution is 2.14. The van der Waals surface area contributed by atoms with Crippen molar-refractivity contribution in [2.45, 2.75) is 84.8 Å². The van der Waals surface area contributed by atoms with Crippen LogP contribution in [0, 0.1) is 0 Å². The minimum Gasteiger partial charge on any atom is -0.460 e. The fraction of sp³-hybridized carbons (Fsp3) is 0.824. The number of hydrogen-bond acceptors (Lipinski definition) is 2. The molecule has 0 spiro atoms. The van der Waals surface area contributed by atoms with Gasteiger partial charge in [0.15, 0.2) is 0 Å². The van der Waals surface area contributed by atoms with Gasteiger partial charge >= 0.3 is 5.97 Å². The average Bonchev–Trinajstić information content (AvgIpc) is 2.47. The van der Waals surface area contributed by atoms with E-state index in [-0.39, 0.29) is 12.1 Å². The van der Waals surface area contributed by atoms with E-state index >= 15 is 0 Å². The number of unbranched alkanes of at least 4 members (excludes halogenated alkanes) is 8. The topological polar surface area (TPSA) is 26.3 Å². The molecule has 22 heavy (non-hydrogen) atoms. The second-order valence-electron chi connectivity index (χ2n) is 5.68. The Hall–Kier alpha value is 0.887. The number of alkyl halides is 2. The number of carbonyl (C=O) groups is 1. The van der Waals surface area contributed by atoms with E-state index in [1.54, 1.807) is 0 Å². The first-order valence-electron chi connectivity index (χ1n) is 8.41. The molecule has 0 saturated heterocycles. The maximum Gasteiger partial charge on any atom is 0.330 e. The maximum absolute atomic E-state index is 11.0. The summed E-state index contributed by atoms with van der Waals surface area (Å²) in [5.74, 6) is -0.305. The van der Waals surface area contributed by atoms with Gasteiger partial charge in [0.1, 0.15) is 0 Å². The smallest absolute Gasteiger partial charge is 0.330 e. The number of esters is 1. The van der Waals surface area contributed by atoms with Gasteiger partial charge in [-0.1, -0.05) is 109 Å². The Bertz CT molecular complexity index is 286. The van der Waals surface area contributed by atoms with E-state index in [0.717, 1.165) is 23.9 Å². The molecule has 5 heteroatoms. The van der Waals surface area contributed by atoms with Crippen LogP contribution in [-0.2, 0) is 9.53 Å². The maximum atomic E-state index is 11.0. The third kappa shape index (κ3) is 17.2. The Labute approximate surface area is 166 Å². The molecule has 1 atom stereocenters. The molecule has 0 aliphatic heterocycles. The van der Waals surface area contributed by atoms with Gasteiger partial charge in [0.05, 0.1) is 17.2 Å². The lowest BCUT2D eigenvalue weighted by atomic mass is 10.1. The van der Waals surface area contributed by atoms with Crippen LogP contribution < -0.4 is 0 Å². The first kappa shape index (κ1) is 22.9. The standard InChI is InChI=1S/C17H30I2O2Si/c1-3-16(20)21-15(2)13-11-9-7-5-4-6-8-10-12-14-22-17(18)19/h3,15,17H,1,4-14H2,2H3. The van der Waals surface area contributed by atoms with E-state index in [2.05, 4.69) is 51.8 Å². The van der Waals surface area contributed by atoms with E-state index in [1.807, 2.05) is 6.92 Å². The molecular formula is C17H30I2O2Si. The Kier molecular flexibility index (Phi) is 17.4. The van der Waals surface area contributed by atoms with Gasteiger partial charge in [0, 0.05) is 6.08 Å². The molecule has 0 rings (SSSR count). The highest BCUT2D eigenvalue weighted by Gasteiger charge is 2.05. The van der Waals surface area contributed by atoms with Crippen molar-refractivity contribution >= 4 is 60.7 Å². The van der Waals surface area contributed by atoms with Crippen LogP contribution in [0.5, 0.6) is 0 Å². The molecule has 0 aromatic heterocycles. The zero-order chi connectivity index (χ0) is 16.6. The third-order valence-corrected chi connectivity index (χ3v) is 7.16. The highest BCUT2D eigenvalue weighted by molar-refractivity contribution is 14.2. The molecule has 2 nitrogen and oxygen atoms in total. The molecule has 2 radical (unpaired) electrons. The first-order valence-corrected chi connectivity index (χ1v) is 12.2. The van der Waals surface area contributed by atoms with Crippen molar-refractivity contribution in [2.24, 2.45) is 0 Å². The minimum absolute atomic E-state index is 0.0240. The van der Waals surface area contributed by atoms with Crippen molar-refractivity contribution in [2.75, 3.05) is 0 Å². The Morgan fingerprint density at radius 2 is 1.55 bits per heavy atom. The lowest BCUT2D eigenvalue weighted by Gasteiger charge is -2.11. The van der Waals surface area contributed by atoms with Gasteiger partial charge < -0.3 is 4.74 Å². The summed E-state index contributed by atoms with van der Waals surface area (Å²) in [6, 6.07) is 1.42. The van der Waals surface area contributed by atoms with E-state index in [0.29, 0.717) is 0 Å². The first-order chi connectivity index (χ1) is 10.6. The lowest BCUT2D eigenvalue weighted by molar-refractivity contribution is -0.142. The summed E-state index contributed by atoms with van der Waals surface area (Å²) < 4.78 is 5.98. The summed E-state index contributed by atoms with van der Waals surface area (Å²) in [6.45, 7) is 5.37. The normalized spacial score (nSPS) is 12.4. The van der Waals surface area contributed by atoms with Gasteiger partial charge in [0.25, 0.3) is 0 Å². The van der Waals surface area contributed by atoms with Crippen LogP contribution >= 0.6 is 45.2 Å². The molecule has 0 heterocycles. The number of carbonyl (C=O) groups excluding carboxylic acids is 1. The Morgan fingerprint density at radius 1 is 1.05 bits per heavy atom. The van der Waals surface area contributed by atoms with Crippen LogP contribution in [0.4, 0.5) is 0 Å². The van der Waals surface area contributed by atoms with Crippen molar-refractivity contribution < 1.29 is 9.53 Å². The lowest BCUT2D eigenvalue weighted by Crippen LogP contribution is -2.12. The van der Waals surface area contributed by atoms with Gasteiger partial charge in [0.2, 0.25) is 0 Å². The summed E-state index contributed by atoms with van der Waals surface area (Å²) in [4.78, 5) is 11.0. The predicted octanol–water partition coefficient (Wildman–Crippen LogP) is 6.28. The SMILES string of the molecule is C=CC(=O)OC(C)CCCCCCCCCCC[Si]C(I)I. The summed E-state index contributed by atoms with van der Waals surface area (Å²) in [5, 5.41) is 0. The van der Waals surface area contributed by atoms with Crippen molar-refractivity contribution in [3.8, 4) is 0 Å². The second-order valence-corrected chi connectivity index (χ2v) is 14.4. The molecule has 0 fully saturated rings. The molecule has 0 aliphatic rings. The summed E-state index contributed by atoms with van der Waals surface area (Å²) in [5.41, 5.74) is 0. The fourth-order valence-electron chi connectivity index (χ4n) is 2.31. The minimum atomic E-state index is -0.305. The molecular weight excluding hydrogens is 518 g/mol. The van der Waals surface area contributed by atoms with Gasteiger partial charge in [-0.05, 0) is 19.8 Å². The van der Waals surface area contributed by atoms with Crippen molar-refractivity contribution in [3.05, 3.63) is 12.7 Å². The Morgan fingerprint density at radius 3 is 2.05 bits per heavy atom. The monoisotopic (exact) mass is 548 g/mol. The molecule has 0 aromatic rings. The Balaban J connectivity index is 3.17. The fourth-order valence-corrected chi connectivity index (χ4v) is 4.85. The van der Waals surface area contributed by atoms with Gasteiger partial charge in [-0.2, -0.15) is 0 Å². The van der Waals surface area contributed by atoms with Gasteiger partial charge in [-0.3, -0.25) is 0 Å². The van der Waals surface area contributed by atoms with Crippen molar-refractivity contribution in [3.63, 3.8) is 0 Å². The van der Waals surface area contributed by atoms with Crippen molar-refractivity contribution in [1.29, 1.82) is 0 Å². The van der Waals surface area contributed by atoms with Gasteiger partial charge in [-0.25, -0.2) is 4.79 Å². The number of rotatable bonds is 15. The van der Waals surface area contributed by atoms with Crippen LogP contribution in [0.25, 0.3) is 0 Å². The molecule has 1 unspecified atom stereocenters. The van der Waals surface area contributed by atoms with Gasteiger partial charge in [-0.15, -0.1) is 0 Å². The largest absolute Gasteiger partial charge is 0.460 e. The number of hydrogen-bond donors (Lipinski definition) is 0. The summed E-state index contributed by atoms with van der Waals surface area (Å²) in [7, 11) is 1.13. The summed E-state index contributed by atoms with van der Waals surface area (Å²) >= 11 is 5.03. The van der Waals surface area contributed by atoms with E-state index in [1.165, 1.54) is 63.5 Å². The van der Waals surface area contributed by atoms with Crippen LogP contribution in [0.3, 0.4) is 0 Å². The zero-order valence-corrected chi connectivity index (χ0v) is 19.1. The van der Waals surface area contributed by atoms with Crippen LogP contribution in [0.1, 0.15) is 71.1 Å². The molecule has 0 aromatic carbocycles. The number of ether oxygens (including phenoxy) is 1. The zero-order valence-electron chi connectivity index (χ0n) is 13.8. The van der Waals surface area contributed by atoms with Crippen LogP contribution in [0.15, 0.2) is 12.7 Å². The molecule has 0 N–H and O–H groups in total. The van der Waals surface area contributed by atoms with E-state index < -0.39 is 0 Å². The summed E-state index contributed by atoms with van der Waals surface area (Å²) in [6.07, 6.45) is 14.3. The highest BCUT2D eigenvalue weighted by atomic mass is 127. The quantitative estimate of drug-likeness (QED) is 0.0602. The van der Waals surface area contributed by atoms with Crippen molar-refractivity contribution in [1.82, 2.24) is 0 Å². The van der Waals surface area contributed by atoms with E-state index in [4.69, 9.17) is 4.74 Å². The van der Waals surface area contributed by atoms with E-state index in [9.17, 15) is 4.79 Å². The molecule has 0 bridgehead atoms. The molecule has 128 valence electrons.